The number of hydrogen-bond donors (Lipinski definition) is 1. The molecule has 2 aromatic carbocycles. The average molecular weight is 528 g/mol. The number of carboxylic acids is 1. The lowest BCUT2D eigenvalue weighted by atomic mass is 9.87. The molecule has 1 aliphatic heterocycles. The first-order valence-electron chi connectivity index (χ1n) is 13.6. The maximum atomic E-state index is 12.1. The van der Waals surface area contributed by atoms with Crippen LogP contribution in [-0.2, 0) is 17.6 Å². The van der Waals surface area contributed by atoms with Crippen LogP contribution in [-0.4, -0.2) is 46.8 Å². The van der Waals surface area contributed by atoms with Crippen molar-refractivity contribution in [3.05, 3.63) is 53.2 Å². The topological polar surface area (TPSA) is 84.8 Å². The summed E-state index contributed by atoms with van der Waals surface area (Å²) < 4.78 is 12.6. The number of aryl methyl sites for hydroxylation is 1. The van der Waals surface area contributed by atoms with E-state index in [-0.39, 0.29) is 6.42 Å². The zero-order valence-corrected chi connectivity index (χ0v) is 23.9. The number of nitrogens with zero attached hydrogens (tertiary/aromatic N) is 3. The van der Waals surface area contributed by atoms with Crippen LogP contribution in [0.25, 0.3) is 32.9 Å². The van der Waals surface area contributed by atoms with Crippen molar-refractivity contribution in [1.29, 1.82) is 0 Å². The van der Waals surface area contributed by atoms with Crippen LogP contribution in [0.5, 0.6) is 11.5 Å². The third kappa shape index (κ3) is 5.22. The van der Waals surface area contributed by atoms with E-state index in [1.807, 2.05) is 65.2 Å². The van der Waals surface area contributed by atoms with E-state index in [0.717, 1.165) is 74.2 Å². The van der Waals surface area contributed by atoms with Crippen LogP contribution in [0.15, 0.2) is 36.5 Å². The fourth-order valence-electron chi connectivity index (χ4n) is 5.55. The lowest BCUT2D eigenvalue weighted by molar-refractivity contribution is -0.136. The van der Waals surface area contributed by atoms with Crippen molar-refractivity contribution in [2.45, 2.75) is 60.0 Å². The van der Waals surface area contributed by atoms with Gasteiger partial charge in [0.1, 0.15) is 22.9 Å². The Bertz CT molecular complexity index is 1590. The highest BCUT2D eigenvalue weighted by Gasteiger charge is 2.28. The molecule has 0 bridgehead atoms. The van der Waals surface area contributed by atoms with Crippen molar-refractivity contribution in [1.82, 2.24) is 9.97 Å². The molecular weight excluding hydrogens is 490 g/mol. The number of carboxylic acid groups (broad SMARTS) is 1. The molecule has 39 heavy (non-hydrogen) atoms. The molecule has 0 atom stereocenters. The van der Waals surface area contributed by atoms with E-state index in [9.17, 15) is 9.90 Å². The smallest absolute Gasteiger partial charge is 0.307 e. The number of ether oxygens (including phenoxy) is 2. The molecule has 0 aliphatic carbocycles. The Morgan fingerprint density at radius 1 is 1.18 bits per heavy atom. The van der Waals surface area contributed by atoms with Gasteiger partial charge >= 0.3 is 5.97 Å². The predicted octanol–water partition coefficient (Wildman–Crippen LogP) is 6.59. The van der Waals surface area contributed by atoms with E-state index < -0.39 is 11.6 Å². The van der Waals surface area contributed by atoms with Crippen molar-refractivity contribution < 1.29 is 19.4 Å². The van der Waals surface area contributed by atoms with Gasteiger partial charge in [0.05, 0.1) is 29.6 Å². The van der Waals surface area contributed by atoms with Crippen LogP contribution in [0.2, 0.25) is 0 Å². The van der Waals surface area contributed by atoms with E-state index in [1.165, 1.54) is 0 Å². The highest BCUT2D eigenvalue weighted by Crippen LogP contribution is 2.48. The van der Waals surface area contributed by atoms with Crippen LogP contribution in [0.1, 0.15) is 51.3 Å². The van der Waals surface area contributed by atoms with Crippen molar-refractivity contribution in [2.75, 3.05) is 25.1 Å². The molecular formula is C32H37N3O4. The zero-order chi connectivity index (χ0) is 28.1. The largest absolute Gasteiger partial charge is 0.492 e. The van der Waals surface area contributed by atoms with Gasteiger partial charge in [-0.1, -0.05) is 13.8 Å². The van der Waals surface area contributed by atoms with Crippen molar-refractivity contribution in [3.63, 3.8) is 0 Å². The molecule has 0 radical (unpaired) electrons. The molecule has 2 aromatic heterocycles. The van der Waals surface area contributed by atoms with Gasteiger partial charge in [-0.05, 0) is 74.6 Å². The van der Waals surface area contributed by atoms with Crippen LogP contribution in [0.4, 0.5) is 5.82 Å². The van der Waals surface area contributed by atoms with E-state index >= 15 is 0 Å². The second-order valence-corrected chi connectivity index (χ2v) is 11.9. The molecule has 7 nitrogen and oxygen atoms in total. The minimum Gasteiger partial charge on any atom is -0.492 e. The lowest BCUT2D eigenvalue weighted by Gasteiger charge is -2.28. The summed E-state index contributed by atoms with van der Waals surface area (Å²) in [6.07, 6.45) is 2.48. The maximum absolute atomic E-state index is 12.1. The van der Waals surface area contributed by atoms with Gasteiger partial charge in [-0.15, -0.1) is 0 Å². The van der Waals surface area contributed by atoms with E-state index in [2.05, 4.69) is 24.8 Å². The molecule has 3 heterocycles. The van der Waals surface area contributed by atoms with E-state index in [0.29, 0.717) is 18.3 Å². The van der Waals surface area contributed by atoms with Gasteiger partial charge in [0, 0.05) is 48.6 Å². The summed E-state index contributed by atoms with van der Waals surface area (Å²) in [6, 6.07) is 10.1. The van der Waals surface area contributed by atoms with Crippen molar-refractivity contribution in [2.24, 2.45) is 5.92 Å². The number of hydrogen-bond acceptors (Lipinski definition) is 6. The number of aliphatic carboxylic acids is 1. The number of benzene rings is 2. The summed E-state index contributed by atoms with van der Waals surface area (Å²) in [4.78, 5) is 24.2. The minimum absolute atomic E-state index is 0.125. The number of carbonyl (C=O) groups is 1. The normalized spacial score (nSPS) is 13.1. The van der Waals surface area contributed by atoms with Gasteiger partial charge in [0.2, 0.25) is 0 Å². The van der Waals surface area contributed by atoms with Gasteiger partial charge in [0.15, 0.2) is 0 Å². The van der Waals surface area contributed by atoms with Gasteiger partial charge in [-0.25, -0.2) is 4.98 Å². The number of aromatic nitrogens is 2. The molecule has 0 amide bonds. The number of anilines is 1. The quantitative estimate of drug-likeness (QED) is 0.290. The molecule has 0 saturated carbocycles. The molecule has 0 spiro atoms. The first-order valence-corrected chi connectivity index (χ1v) is 13.6. The van der Waals surface area contributed by atoms with Crippen molar-refractivity contribution in [3.8, 4) is 22.6 Å². The molecule has 4 aromatic rings. The molecule has 7 heteroatoms. The SMILES string of the molecule is Cc1cc2nc(N(C)CC(C)C)ccc2c(-c2c(OC(C)(C)C)cc3c4c(ccnc24)CCO3)c1CC(=O)O. The second-order valence-electron chi connectivity index (χ2n) is 11.9. The Morgan fingerprint density at radius 2 is 1.95 bits per heavy atom. The Kier molecular flexibility index (Phi) is 6.87. The molecule has 1 aliphatic rings. The second kappa shape index (κ2) is 10.0. The fourth-order valence-corrected chi connectivity index (χ4v) is 5.55. The Morgan fingerprint density at radius 3 is 2.64 bits per heavy atom. The molecule has 1 N–H and O–H groups in total. The Labute approximate surface area is 229 Å². The van der Waals surface area contributed by atoms with Gasteiger partial charge in [-0.2, -0.15) is 0 Å². The average Bonchev–Trinajstić information content (AvgIpc) is 2.84. The molecule has 0 unspecified atom stereocenters. The van der Waals surface area contributed by atoms with Gasteiger partial charge in [0.25, 0.3) is 0 Å². The van der Waals surface area contributed by atoms with Gasteiger partial charge in [-0.3, -0.25) is 9.78 Å². The third-order valence-corrected chi connectivity index (χ3v) is 6.99. The zero-order valence-electron chi connectivity index (χ0n) is 23.9. The summed E-state index contributed by atoms with van der Waals surface area (Å²) in [5.41, 5.74) is 5.42. The third-order valence-electron chi connectivity index (χ3n) is 6.99. The predicted molar refractivity (Wildman–Crippen MR) is 156 cm³/mol. The maximum Gasteiger partial charge on any atom is 0.307 e. The van der Waals surface area contributed by atoms with E-state index in [4.69, 9.17) is 19.4 Å². The lowest BCUT2D eigenvalue weighted by Crippen LogP contribution is -2.24. The van der Waals surface area contributed by atoms with Crippen LogP contribution < -0.4 is 14.4 Å². The van der Waals surface area contributed by atoms with Crippen LogP contribution >= 0.6 is 0 Å². The molecule has 204 valence electrons. The summed E-state index contributed by atoms with van der Waals surface area (Å²) in [5, 5.41) is 11.8. The van der Waals surface area contributed by atoms with Crippen LogP contribution in [0.3, 0.4) is 0 Å². The minimum atomic E-state index is -0.891. The first kappa shape index (κ1) is 26.7. The number of fused-ring (bicyclic) bond motifs is 1. The highest BCUT2D eigenvalue weighted by molar-refractivity contribution is 6.10. The molecule has 5 rings (SSSR count). The highest BCUT2D eigenvalue weighted by atomic mass is 16.5. The summed E-state index contributed by atoms with van der Waals surface area (Å²) >= 11 is 0. The summed E-state index contributed by atoms with van der Waals surface area (Å²) in [5.74, 6) is 1.84. The molecule has 0 fully saturated rings. The van der Waals surface area contributed by atoms with Crippen molar-refractivity contribution >= 4 is 33.6 Å². The first-order chi connectivity index (χ1) is 18.4. The number of rotatable bonds is 7. The Balaban J connectivity index is 1.89. The summed E-state index contributed by atoms with van der Waals surface area (Å²) in [7, 11) is 2.05. The fraction of sp³-hybridized carbons (Fsp3) is 0.406. The summed E-state index contributed by atoms with van der Waals surface area (Å²) in [6.45, 7) is 13.8. The molecule has 0 saturated heterocycles. The van der Waals surface area contributed by atoms with Gasteiger partial charge < -0.3 is 19.5 Å². The number of pyridine rings is 2. The standard InChI is InChI=1S/C32H37N3O4/c1-18(2)17-35(7)26-9-8-21-23(34-26)14-19(3)22(15-27(36)37)29(21)30-25(39-32(4,5)6)16-24-28-20(11-13-38-24)10-12-33-31(28)30/h8-10,12,14,16,18H,11,13,15,17H2,1-7H3,(H,36,37). The van der Waals surface area contributed by atoms with Crippen LogP contribution in [0, 0.1) is 12.8 Å². The monoisotopic (exact) mass is 527 g/mol. The van der Waals surface area contributed by atoms with E-state index in [1.54, 1.807) is 0 Å². The Hall–Kier alpha value is -3.87.